The maximum absolute atomic E-state index is 10.9. The van der Waals surface area contributed by atoms with Gasteiger partial charge in [-0.1, -0.05) is 6.07 Å². The molecule has 0 spiro atoms. The van der Waals surface area contributed by atoms with E-state index in [9.17, 15) is 4.79 Å². The number of hydrogen-bond acceptors (Lipinski definition) is 5. The Bertz CT molecular complexity index is 654. The van der Waals surface area contributed by atoms with Crippen molar-refractivity contribution >= 4 is 11.8 Å². The largest absolute Gasteiger partial charge is 0.478 e. The maximum atomic E-state index is 10.9. The van der Waals surface area contributed by atoms with E-state index in [0.29, 0.717) is 5.75 Å². The first-order chi connectivity index (χ1) is 10.2. The van der Waals surface area contributed by atoms with Crippen molar-refractivity contribution in [3.63, 3.8) is 0 Å². The van der Waals surface area contributed by atoms with E-state index in [-0.39, 0.29) is 11.6 Å². The molecule has 2 heterocycles. The van der Waals surface area contributed by atoms with E-state index in [1.165, 1.54) is 25.0 Å². The number of hydrogen-bond donors (Lipinski definition) is 1. The van der Waals surface area contributed by atoms with E-state index in [1.807, 2.05) is 6.07 Å². The summed E-state index contributed by atoms with van der Waals surface area (Å²) in [5.74, 6) is 0.257. The molecule has 0 amide bonds. The topological polar surface area (TPSA) is 75.6 Å². The molecule has 1 fully saturated rings. The van der Waals surface area contributed by atoms with Crippen LogP contribution in [0, 0.1) is 0 Å². The lowest BCUT2D eigenvalue weighted by Crippen LogP contribution is -2.19. The van der Waals surface area contributed by atoms with Crippen LogP contribution in [0.25, 0.3) is 0 Å². The van der Waals surface area contributed by atoms with Crippen LogP contribution in [0.15, 0.2) is 36.5 Å². The predicted molar refractivity (Wildman–Crippen MR) is 77.0 cm³/mol. The molecule has 1 aliphatic heterocycles. The summed E-state index contributed by atoms with van der Waals surface area (Å²) in [6.07, 6.45) is 3.98. The second kappa shape index (κ2) is 5.78. The van der Waals surface area contributed by atoms with E-state index in [1.54, 1.807) is 18.3 Å². The van der Waals surface area contributed by atoms with Crippen LogP contribution in [-0.4, -0.2) is 34.1 Å². The first-order valence-electron chi connectivity index (χ1n) is 6.81. The van der Waals surface area contributed by atoms with Crippen molar-refractivity contribution in [1.82, 2.24) is 9.97 Å². The molecule has 2 aromatic rings. The van der Waals surface area contributed by atoms with Gasteiger partial charge in [0.05, 0.1) is 5.56 Å². The van der Waals surface area contributed by atoms with Gasteiger partial charge in [0.1, 0.15) is 11.6 Å². The molecule has 1 saturated heterocycles. The molecular formula is C15H15N3O3. The number of ether oxygens (including phenoxy) is 1. The number of nitrogens with zero attached hydrogens (tertiary/aromatic N) is 3. The molecule has 6 heteroatoms. The number of aromatic nitrogens is 2. The molecule has 6 nitrogen and oxygen atoms in total. The highest BCUT2D eigenvalue weighted by Gasteiger charge is 2.14. The molecule has 108 valence electrons. The number of carboxylic acid groups (broad SMARTS) is 1. The third-order valence-corrected chi connectivity index (χ3v) is 3.34. The Morgan fingerprint density at radius 1 is 1.24 bits per heavy atom. The molecule has 0 saturated carbocycles. The van der Waals surface area contributed by atoms with Gasteiger partial charge >= 0.3 is 12.0 Å². The fourth-order valence-corrected chi connectivity index (χ4v) is 2.30. The second-order valence-corrected chi connectivity index (χ2v) is 4.83. The Labute approximate surface area is 122 Å². The summed E-state index contributed by atoms with van der Waals surface area (Å²) in [4.78, 5) is 21.6. The minimum Gasteiger partial charge on any atom is -0.478 e. The first-order valence-corrected chi connectivity index (χ1v) is 6.81. The van der Waals surface area contributed by atoms with Crippen LogP contribution in [0.3, 0.4) is 0 Å². The summed E-state index contributed by atoms with van der Waals surface area (Å²) in [7, 11) is 0. The smallest absolute Gasteiger partial charge is 0.335 e. The predicted octanol–water partition coefficient (Wildman–Crippen LogP) is 2.57. The zero-order valence-corrected chi connectivity index (χ0v) is 11.4. The van der Waals surface area contributed by atoms with Gasteiger partial charge in [0.25, 0.3) is 0 Å². The van der Waals surface area contributed by atoms with Crippen LogP contribution >= 0.6 is 0 Å². The lowest BCUT2D eigenvalue weighted by atomic mass is 10.2. The molecule has 0 unspecified atom stereocenters. The zero-order valence-electron chi connectivity index (χ0n) is 11.4. The third-order valence-electron chi connectivity index (χ3n) is 3.34. The SMILES string of the molecule is O=C(O)c1cccc(Oc2nccc(N3CCCC3)n2)c1. The number of benzene rings is 1. The van der Waals surface area contributed by atoms with Gasteiger partial charge in [-0.15, -0.1) is 0 Å². The van der Waals surface area contributed by atoms with Crippen molar-refractivity contribution in [1.29, 1.82) is 0 Å². The van der Waals surface area contributed by atoms with Crippen LogP contribution < -0.4 is 9.64 Å². The molecule has 0 aliphatic carbocycles. The van der Waals surface area contributed by atoms with E-state index in [0.717, 1.165) is 18.9 Å². The number of carbonyl (C=O) groups is 1. The van der Waals surface area contributed by atoms with E-state index < -0.39 is 5.97 Å². The Morgan fingerprint density at radius 2 is 2.05 bits per heavy atom. The van der Waals surface area contributed by atoms with Gasteiger partial charge in [0.15, 0.2) is 0 Å². The minimum absolute atomic E-state index is 0.170. The molecule has 1 aliphatic rings. The summed E-state index contributed by atoms with van der Waals surface area (Å²) in [5.41, 5.74) is 0.170. The normalized spacial score (nSPS) is 14.2. The Hall–Kier alpha value is -2.63. The van der Waals surface area contributed by atoms with E-state index in [2.05, 4.69) is 14.9 Å². The van der Waals surface area contributed by atoms with Gasteiger partial charge in [-0.2, -0.15) is 4.98 Å². The zero-order chi connectivity index (χ0) is 14.7. The van der Waals surface area contributed by atoms with Crippen molar-refractivity contribution in [2.45, 2.75) is 12.8 Å². The lowest BCUT2D eigenvalue weighted by Gasteiger charge is -2.16. The van der Waals surface area contributed by atoms with Crippen molar-refractivity contribution in [3.05, 3.63) is 42.1 Å². The molecule has 0 bridgehead atoms. The highest BCUT2D eigenvalue weighted by Crippen LogP contribution is 2.23. The van der Waals surface area contributed by atoms with Crippen molar-refractivity contribution in [3.8, 4) is 11.8 Å². The summed E-state index contributed by atoms with van der Waals surface area (Å²) in [6.45, 7) is 1.98. The van der Waals surface area contributed by atoms with Gasteiger partial charge in [-0.25, -0.2) is 9.78 Å². The molecular weight excluding hydrogens is 270 g/mol. The molecule has 1 aromatic carbocycles. The second-order valence-electron chi connectivity index (χ2n) is 4.83. The summed E-state index contributed by atoms with van der Waals surface area (Å²) < 4.78 is 5.56. The number of rotatable bonds is 4. The maximum Gasteiger partial charge on any atom is 0.335 e. The van der Waals surface area contributed by atoms with Gasteiger partial charge in [0.2, 0.25) is 0 Å². The average molecular weight is 285 g/mol. The lowest BCUT2D eigenvalue weighted by molar-refractivity contribution is 0.0696. The molecule has 3 rings (SSSR count). The Balaban J connectivity index is 1.79. The molecule has 21 heavy (non-hydrogen) atoms. The monoisotopic (exact) mass is 285 g/mol. The van der Waals surface area contributed by atoms with Crippen molar-refractivity contribution in [2.75, 3.05) is 18.0 Å². The summed E-state index contributed by atoms with van der Waals surface area (Å²) >= 11 is 0. The van der Waals surface area contributed by atoms with Crippen molar-refractivity contribution in [2.24, 2.45) is 0 Å². The van der Waals surface area contributed by atoms with Gasteiger partial charge in [-0.05, 0) is 37.1 Å². The molecule has 1 N–H and O–H groups in total. The number of aromatic carboxylic acids is 1. The fraction of sp³-hybridized carbons (Fsp3) is 0.267. The van der Waals surface area contributed by atoms with Crippen molar-refractivity contribution < 1.29 is 14.6 Å². The molecule has 0 radical (unpaired) electrons. The fourth-order valence-electron chi connectivity index (χ4n) is 2.30. The standard InChI is InChI=1S/C15H15N3O3/c19-14(20)11-4-3-5-12(10-11)21-15-16-7-6-13(17-15)18-8-1-2-9-18/h3-7,10H,1-2,8-9H2,(H,19,20). The van der Waals surface area contributed by atoms with Crippen LogP contribution in [0.1, 0.15) is 23.2 Å². The third kappa shape index (κ3) is 3.10. The Kier molecular flexibility index (Phi) is 3.68. The minimum atomic E-state index is -0.993. The highest BCUT2D eigenvalue weighted by atomic mass is 16.5. The summed E-state index contributed by atoms with van der Waals surface area (Å²) in [5, 5.41) is 8.97. The number of carboxylic acids is 1. The van der Waals surface area contributed by atoms with E-state index >= 15 is 0 Å². The van der Waals surface area contributed by atoms with Crippen LogP contribution in [-0.2, 0) is 0 Å². The van der Waals surface area contributed by atoms with Gasteiger partial charge < -0.3 is 14.7 Å². The summed E-state index contributed by atoms with van der Waals surface area (Å²) in [6, 6.07) is 8.35. The van der Waals surface area contributed by atoms with E-state index in [4.69, 9.17) is 9.84 Å². The quantitative estimate of drug-likeness (QED) is 0.930. The highest BCUT2D eigenvalue weighted by molar-refractivity contribution is 5.88. The van der Waals surface area contributed by atoms with Gasteiger partial charge in [-0.3, -0.25) is 0 Å². The van der Waals surface area contributed by atoms with Crippen LogP contribution in [0.4, 0.5) is 5.82 Å². The molecule has 1 aromatic heterocycles. The van der Waals surface area contributed by atoms with Crippen LogP contribution in [0.5, 0.6) is 11.8 Å². The van der Waals surface area contributed by atoms with Gasteiger partial charge in [0, 0.05) is 19.3 Å². The first kappa shape index (κ1) is 13.4. The number of anilines is 1. The van der Waals surface area contributed by atoms with Crippen LogP contribution in [0.2, 0.25) is 0 Å². The Morgan fingerprint density at radius 3 is 2.81 bits per heavy atom. The average Bonchev–Trinajstić information content (AvgIpc) is 3.02. The molecule has 0 atom stereocenters.